The van der Waals surface area contributed by atoms with Gasteiger partial charge in [-0.1, -0.05) is 24.6 Å². The molecule has 0 unspecified atom stereocenters. The topological polar surface area (TPSA) is 105 Å². The number of benzene rings is 2. The van der Waals surface area contributed by atoms with Crippen LogP contribution in [0.2, 0.25) is 0 Å². The van der Waals surface area contributed by atoms with Crippen LogP contribution < -0.4 is 10.5 Å². The first-order valence-corrected chi connectivity index (χ1v) is 11.0. The predicted octanol–water partition coefficient (Wildman–Crippen LogP) is 3.64. The second-order valence-corrected chi connectivity index (χ2v) is 8.88. The number of sulfonamides is 1. The van der Waals surface area contributed by atoms with Crippen molar-refractivity contribution in [1.82, 2.24) is 4.98 Å². The quantitative estimate of drug-likeness (QED) is 0.588. The van der Waals surface area contributed by atoms with E-state index in [2.05, 4.69) is 16.4 Å². The largest absolute Gasteiger partial charge is 0.358 e. The Morgan fingerprint density at radius 2 is 1.89 bits per heavy atom. The zero-order valence-electron chi connectivity index (χ0n) is 15.7. The van der Waals surface area contributed by atoms with Gasteiger partial charge in [0.25, 0.3) is 5.91 Å². The molecule has 3 aromatic rings. The lowest BCUT2D eigenvalue weighted by molar-refractivity contribution is 0.102. The summed E-state index contributed by atoms with van der Waals surface area (Å²) >= 11 is 0. The minimum Gasteiger partial charge on any atom is -0.358 e. The number of carbonyl (C=O) groups is 1. The average Bonchev–Trinajstić information content (AvgIpc) is 2.83. The van der Waals surface area contributed by atoms with Crippen LogP contribution in [0, 0.1) is 6.92 Å². The third kappa shape index (κ3) is 3.43. The van der Waals surface area contributed by atoms with Crippen molar-refractivity contribution >= 4 is 32.5 Å². The van der Waals surface area contributed by atoms with Crippen LogP contribution in [0.15, 0.2) is 41.3 Å². The minimum atomic E-state index is -3.85. The molecule has 7 heteroatoms. The normalized spacial score (nSPS) is 14.5. The monoisotopic (exact) mass is 397 g/mol. The summed E-state index contributed by atoms with van der Waals surface area (Å²) in [7, 11) is -3.85. The zero-order chi connectivity index (χ0) is 19.9. The highest BCUT2D eigenvalue weighted by molar-refractivity contribution is 7.89. The fraction of sp³-hybridized carbons (Fsp3) is 0.286. The summed E-state index contributed by atoms with van der Waals surface area (Å²) < 4.78 is 23.5. The molecule has 146 valence electrons. The van der Waals surface area contributed by atoms with Gasteiger partial charge in [0.1, 0.15) is 0 Å². The van der Waals surface area contributed by atoms with Crippen LogP contribution in [-0.2, 0) is 22.9 Å². The van der Waals surface area contributed by atoms with E-state index in [9.17, 15) is 13.2 Å². The summed E-state index contributed by atoms with van der Waals surface area (Å²) in [5, 5.41) is 9.17. The van der Waals surface area contributed by atoms with Gasteiger partial charge in [-0.2, -0.15) is 0 Å². The number of primary sulfonamides is 1. The van der Waals surface area contributed by atoms with E-state index in [-0.39, 0.29) is 10.8 Å². The van der Waals surface area contributed by atoms with Gasteiger partial charge < -0.3 is 10.3 Å². The Bertz CT molecular complexity index is 1180. The number of nitrogens with two attached hydrogens (primary N) is 1. The number of aryl methyl sites for hydroxylation is 3. The lowest BCUT2D eigenvalue weighted by Gasteiger charge is -2.10. The summed E-state index contributed by atoms with van der Waals surface area (Å²) in [5.41, 5.74) is 4.85. The molecule has 4 N–H and O–H groups in total. The Hall–Kier alpha value is -2.64. The van der Waals surface area contributed by atoms with Crippen molar-refractivity contribution in [3.05, 3.63) is 58.8 Å². The maximum absolute atomic E-state index is 12.9. The van der Waals surface area contributed by atoms with E-state index in [1.807, 2.05) is 6.07 Å². The van der Waals surface area contributed by atoms with Crippen LogP contribution in [0.5, 0.6) is 0 Å². The Balaban J connectivity index is 1.71. The van der Waals surface area contributed by atoms with E-state index in [0.29, 0.717) is 16.8 Å². The Labute approximate surface area is 164 Å². The summed E-state index contributed by atoms with van der Waals surface area (Å²) in [6, 6.07) is 10.4. The first-order chi connectivity index (χ1) is 13.3. The number of anilines is 1. The second kappa shape index (κ2) is 7.07. The molecule has 0 saturated heterocycles. The zero-order valence-corrected chi connectivity index (χ0v) is 16.5. The van der Waals surface area contributed by atoms with E-state index in [4.69, 9.17) is 5.14 Å². The van der Waals surface area contributed by atoms with Crippen molar-refractivity contribution in [2.45, 2.75) is 43.9 Å². The summed E-state index contributed by atoms with van der Waals surface area (Å²) in [6.07, 6.45) is 5.57. The third-order valence-electron chi connectivity index (χ3n) is 5.38. The Morgan fingerprint density at radius 3 is 2.68 bits per heavy atom. The average molecular weight is 398 g/mol. The highest BCUT2D eigenvalue weighted by Crippen LogP contribution is 2.30. The number of fused-ring (bicyclic) bond motifs is 3. The van der Waals surface area contributed by atoms with Crippen molar-refractivity contribution in [2.24, 2.45) is 5.14 Å². The summed E-state index contributed by atoms with van der Waals surface area (Å²) in [5.74, 6) is -0.286. The van der Waals surface area contributed by atoms with Crippen LogP contribution >= 0.6 is 0 Å². The molecule has 1 amide bonds. The number of para-hydroxylation sites is 1. The van der Waals surface area contributed by atoms with E-state index in [1.54, 1.807) is 25.1 Å². The van der Waals surface area contributed by atoms with Gasteiger partial charge in [0.15, 0.2) is 0 Å². The number of nitrogens with one attached hydrogen (secondary N) is 2. The fourth-order valence-corrected chi connectivity index (χ4v) is 4.79. The maximum Gasteiger partial charge on any atom is 0.257 e. The van der Waals surface area contributed by atoms with Crippen molar-refractivity contribution in [3.63, 3.8) is 0 Å². The number of rotatable bonds is 3. The van der Waals surface area contributed by atoms with Gasteiger partial charge in [-0.25, -0.2) is 13.6 Å². The minimum absolute atomic E-state index is 0.00935. The van der Waals surface area contributed by atoms with Crippen molar-refractivity contribution < 1.29 is 13.2 Å². The van der Waals surface area contributed by atoms with Crippen LogP contribution in [0.25, 0.3) is 10.9 Å². The Kier molecular flexibility index (Phi) is 4.72. The number of hydrogen-bond donors (Lipinski definition) is 3. The van der Waals surface area contributed by atoms with Crippen LogP contribution in [-0.4, -0.2) is 19.3 Å². The van der Waals surface area contributed by atoms with Crippen molar-refractivity contribution in [2.75, 3.05) is 5.32 Å². The molecule has 0 saturated carbocycles. The summed E-state index contributed by atoms with van der Waals surface area (Å²) in [4.78, 5) is 16.4. The number of hydrogen-bond acceptors (Lipinski definition) is 3. The molecule has 0 radical (unpaired) electrons. The van der Waals surface area contributed by atoms with Gasteiger partial charge in [0, 0.05) is 16.8 Å². The number of amides is 1. The molecule has 0 fully saturated rings. The molecule has 1 aliphatic rings. The van der Waals surface area contributed by atoms with Gasteiger partial charge in [0.2, 0.25) is 10.0 Å². The lowest BCUT2D eigenvalue weighted by atomic mass is 10.0. The SMILES string of the molecule is Cc1ccc(NC(=O)c2cccc3c4c([nH]c23)CCCCC4)cc1S(N)(=O)=O. The molecular formula is C21H23N3O3S. The second-order valence-electron chi connectivity index (χ2n) is 7.35. The molecule has 6 nitrogen and oxygen atoms in total. The molecule has 1 aliphatic carbocycles. The number of H-pyrrole nitrogens is 1. The standard InChI is InChI=1S/C21H23N3O3S/c1-13-10-11-14(12-19(13)28(22,26)27)23-21(25)17-8-5-7-16-15-6-3-2-4-9-18(15)24-20(16)17/h5,7-8,10-12,24H,2-4,6,9H2,1H3,(H,23,25)(H2,22,26,27). The first kappa shape index (κ1) is 18.7. The van der Waals surface area contributed by atoms with Gasteiger partial charge in [0.05, 0.1) is 16.0 Å². The third-order valence-corrected chi connectivity index (χ3v) is 6.43. The maximum atomic E-state index is 12.9. The van der Waals surface area contributed by atoms with E-state index in [1.165, 1.54) is 23.7 Å². The van der Waals surface area contributed by atoms with Gasteiger partial charge >= 0.3 is 0 Å². The van der Waals surface area contributed by atoms with E-state index >= 15 is 0 Å². The van der Waals surface area contributed by atoms with Crippen LogP contribution in [0.4, 0.5) is 5.69 Å². The molecular weight excluding hydrogens is 374 g/mol. The number of aromatic nitrogens is 1. The number of aromatic amines is 1. The van der Waals surface area contributed by atoms with Gasteiger partial charge in [-0.3, -0.25) is 4.79 Å². The highest BCUT2D eigenvalue weighted by atomic mass is 32.2. The predicted molar refractivity (Wildman–Crippen MR) is 110 cm³/mol. The highest BCUT2D eigenvalue weighted by Gasteiger charge is 2.19. The lowest BCUT2D eigenvalue weighted by Crippen LogP contribution is -2.16. The molecule has 2 aromatic carbocycles. The first-order valence-electron chi connectivity index (χ1n) is 9.42. The van der Waals surface area contributed by atoms with E-state index < -0.39 is 10.0 Å². The van der Waals surface area contributed by atoms with Gasteiger partial charge in [-0.05, 0) is 61.9 Å². The molecule has 1 aromatic heterocycles. The fourth-order valence-electron chi connectivity index (χ4n) is 3.98. The smallest absolute Gasteiger partial charge is 0.257 e. The van der Waals surface area contributed by atoms with Crippen LogP contribution in [0.1, 0.15) is 46.4 Å². The van der Waals surface area contributed by atoms with Crippen LogP contribution in [0.3, 0.4) is 0 Å². The van der Waals surface area contributed by atoms with Crippen molar-refractivity contribution in [1.29, 1.82) is 0 Å². The molecule has 0 atom stereocenters. The number of carbonyl (C=O) groups excluding carboxylic acids is 1. The molecule has 28 heavy (non-hydrogen) atoms. The molecule has 4 rings (SSSR count). The van der Waals surface area contributed by atoms with E-state index in [0.717, 1.165) is 36.6 Å². The summed E-state index contributed by atoms with van der Waals surface area (Å²) in [6.45, 7) is 1.66. The van der Waals surface area contributed by atoms with Gasteiger partial charge in [-0.15, -0.1) is 0 Å². The molecule has 1 heterocycles. The molecule has 0 aliphatic heterocycles. The molecule has 0 spiro atoms. The van der Waals surface area contributed by atoms with Crippen molar-refractivity contribution in [3.8, 4) is 0 Å². The Morgan fingerprint density at radius 1 is 1.11 bits per heavy atom. The molecule has 0 bridgehead atoms.